The van der Waals surface area contributed by atoms with Crippen molar-refractivity contribution in [2.24, 2.45) is 0 Å². The van der Waals surface area contributed by atoms with Crippen molar-refractivity contribution in [1.29, 1.82) is 0 Å². The smallest absolute Gasteiger partial charge is 0.315 e. The second-order valence-corrected chi connectivity index (χ2v) is 7.89. The van der Waals surface area contributed by atoms with E-state index in [9.17, 15) is 9.90 Å². The summed E-state index contributed by atoms with van der Waals surface area (Å²) in [5, 5.41) is 12.3. The summed E-state index contributed by atoms with van der Waals surface area (Å²) in [5.41, 5.74) is 0.781. The predicted molar refractivity (Wildman–Crippen MR) is 129 cm³/mol. The number of carbonyl (C=O) groups is 1. The number of hydrogen-bond acceptors (Lipinski definition) is 6. The molecule has 0 bridgehead atoms. The van der Waals surface area contributed by atoms with E-state index in [1.165, 1.54) is 0 Å². The molecule has 176 valence electrons. The molecule has 0 aromatic heterocycles. The molecule has 0 saturated heterocycles. The summed E-state index contributed by atoms with van der Waals surface area (Å²) >= 11 is 6.22. The van der Waals surface area contributed by atoms with E-state index in [0.717, 1.165) is 24.2 Å². The highest BCUT2D eigenvalue weighted by atomic mass is 35.5. The van der Waals surface area contributed by atoms with Gasteiger partial charge in [-0.25, -0.2) is 0 Å². The van der Waals surface area contributed by atoms with Crippen molar-refractivity contribution in [3.8, 4) is 28.7 Å². The van der Waals surface area contributed by atoms with Crippen LogP contribution in [0.15, 0.2) is 42.5 Å². The summed E-state index contributed by atoms with van der Waals surface area (Å²) in [6, 6.07) is 12.2. The van der Waals surface area contributed by atoms with Gasteiger partial charge in [-0.15, -0.1) is 0 Å². The van der Waals surface area contributed by atoms with E-state index in [1.807, 2.05) is 45.0 Å². The summed E-state index contributed by atoms with van der Waals surface area (Å²) in [6.45, 7) is 7.13. The van der Waals surface area contributed by atoms with Crippen molar-refractivity contribution in [2.75, 3.05) is 19.8 Å². The topological polar surface area (TPSA) is 74.2 Å². The number of rotatable bonds is 11. The Bertz CT molecular complexity index is 1090. The Balaban J connectivity index is 2.01. The molecule has 0 spiro atoms. The summed E-state index contributed by atoms with van der Waals surface area (Å²) in [6.07, 6.45) is 1.51. The lowest BCUT2D eigenvalue weighted by Crippen LogP contribution is -2.13. The molecule has 0 radical (unpaired) electrons. The van der Waals surface area contributed by atoms with Crippen LogP contribution in [-0.2, 0) is 11.2 Å². The minimum Gasteiger partial charge on any atom is -0.504 e. The average molecular weight is 473 g/mol. The Morgan fingerprint density at radius 3 is 2.15 bits per heavy atom. The number of aromatic hydroxyl groups is 1. The summed E-state index contributed by atoms with van der Waals surface area (Å²) < 4.78 is 23.0. The van der Waals surface area contributed by atoms with E-state index < -0.39 is 5.97 Å². The molecule has 6 nitrogen and oxygen atoms in total. The van der Waals surface area contributed by atoms with E-state index in [1.54, 1.807) is 18.2 Å². The standard InChI is InChI=1S/C26H29ClO6/c1-4-13-31-25-23(29)20-12-9-18(27)16-21(20)24(26(25)32-14-5-2)33-22(28)15-17-7-10-19(11-8-17)30-6-3/h7-12,16,29H,4-6,13-15H2,1-3H3. The highest BCUT2D eigenvalue weighted by Gasteiger charge is 2.25. The van der Waals surface area contributed by atoms with Gasteiger partial charge in [0, 0.05) is 15.8 Å². The molecule has 0 aliphatic rings. The van der Waals surface area contributed by atoms with Crippen molar-refractivity contribution in [1.82, 2.24) is 0 Å². The van der Waals surface area contributed by atoms with E-state index >= 15 is 0 Å². The summed E-state index contributed by atoms with van der Waals surface area (Å²) in [4.78, 5) is 12.9. The number of phenols is 1. The Morgan fingerprint density at radius 1 is 0.848 bits per heavy atom. The Labute approximate surface area is 199 Å². The number of benzene rings is 3. The molecule has 0 fully saturated rings. The third kappa shape index (κ3) is 6.02. The highest BCUT2D eigenvalue weighted by Crippen LogP contribution is 2.51. The number of carbonyl (C=O) groups excluding carboxylic acids is 1. The fourth-order valence-electron chi connectivity index (χ4n) is 3.33. The van der Waals surface area contributed by atoms with Crippen molar-refractivity contribution >= 4 is 28.3 Å². The van der Waals surface area contributed by atoms with Crippen LogP contribution in [0, 0.1) is 0 Å². The van der Waals surface area contributed by atoms with Gasteiger partial charge in [0.05, 0.1) is 26.2 Å². The molecule has 3 aromatic carbocycles. The van der Waals surface area contributed by atoms with Crippen molar-refractivity contribution in [3.63, 3.8) is 0 Å². The van der Waals surface area contributed by atoms with Gasteiger partial charge in [-0.1, -0.05) is 37.6 Å². The van der Waals surface area contributed by atoms with Gasteiger partial charge in [-0.3, -0.25) is 4.79 Å². The van der Waals surface area contributed by atoms with Crippen molar-refractivity contribution in [2.45, 2.75) is 40.0 Å². The van der Waals surface area contributed by atoms with Gasteiger partial charge >= 0.3 is 5.97 Å². The minimum atomic E-state index is -0.478. The fourth-order valence-corrected chi connectivity index (χ4v) is 3.50. The molecule has 0 heterocycles. The molecule has 0 aliphatic heterocycles. The van der Waals surface area contributed by atoms with E-state index in [-0.39, 0.29) is 29.4 Å². The molecular weight excluding hydrogens is 444 g/mol. The van der Waals surface area contributed by atoms with Crippen LogP contribution in [0.3, 0.4) is 0 Å². The van der Waals surface area contributed by atoms with Crippen LogP contribution in [0.1, 0.15) is 39.2 Å². The molecule has 0 aliphatic carbocycles. The molecule has 0 saturated carbocycles. The predicted octanol–water partition coefficient (Wildman–Crippen LogP) is 6.32. The largest absolute Gasteiger partial charge is 0.504 e. The number of esters is 1. The van der Waals surface area contributed by atoms with Crippen LogP contribution in [0.25, 0.3) is 10.8 Å². The summed E-state index contributed by atoms with van der Waals surface area (Å²) in [5.74, 6) is 0.714. The minimum absolute atomic E-state index is 0.0493. The van der Waals surface area contributed by atoms with Gasteiger partial charge in [0.1, 0.15) is 5.75 Å². The molecular formula is C26H29ClO6. The molecule has 0 amide bonds. The van der Waals surface area contributed by atoms with Gasteiger partial charge in [0.15, 0.2) is 11.5 Å². The van der Waals surface area contributed by atoms with Crippen molar-refractivity contribution in [3.05, 3.63) is 53.1 Å². The average Bonchev–Trinajstić information content (AvgIpc) is 2.80. The third-order valence-corrected chi connectivity index (χ3v) is 5.04. The molecule has 7 heteroatoms. The van der Waals surface area contributed by atoms with E-state index in [0.29, 0.717) is 35.6 Å². The van der Waals surface area contributed by atoms with Crippen LogP contribution < -0.4 is 18.9 Å². The Hall–Kier alpha value is -3.12. The lowest BCUT2D eigenvalue weighted by molar-refractivity contribution is -0.133. The highest BCUT2D eigenvalue weighted by molar-refractivity contribution is 6.31. The second kappa shape index (κ2) is 11.7. The number of halogens is 1. The second-order valence-electron chi connectivity index (χ2n) is 7.45. The molecule has 3 rings (SSSR count). The first-order chi connectivity index (χ1) is 16.0. The summed E-state index contributed by atoms with van der Waals surface area (Å²) in [7, 11) is 0. The number of phenolic OH excluding ortho intramolecular Hbond substituents is 1. The van der Waals surface area contributed by atoms with Gasteiger partial charge in [0.25, 0.3) is 0 Å². The monoisotopic (exact) mass is 472 g/mol. The quantitative estimate of drug-likeness (QED) is 0.260. The van der Waals surface area contributed by atoms with E-state index in [2.05, 4.69) is 0 Å². The van der Waals surface area contributed by atoms with Gasteiger partial charge < -0.3 is 24.1 Å². The zero-order chi connectivity index (χ0) is 23.8. The van der Waals surface area contributed by atoms with Crippen LogP contribution in [-0.4, -0.2) is 30.9 Å². The fraction of sp³-hybridized carbons (Fsp3) is 0.346. The number of hydrogen-bond donors (Lipinski definition) is 1. The van der Waals surface area contributed by atoms with Crippen LogP contribution >= 0.6 is 11.6 Å². The van der Waals surface area contributed by atoms with Crippen LogP contribution in [0.5, 0.6) is 28.7 Å². The maximum Gasteiger partial charge on any atom is 0.315 e. The number of ether oxygens (including phenoxy) is 4. The molecule has 3 aromatic rings. The molecule has 1 N–H and O–H groups in total. The maximum absolute atomic E-state index is 12.9. The first-order valence-electron chi connectivity index (χ1n) is 11.1. The molecule has 0 unspecified atom stereocenters. The zero-order valence-electron chi connectivity index (χ0n) is 19.2. The normalized spacial score (nSPS) is 10.8. The van der Waals surface area contributed by atoms with Gasteiger partial charge in [0.2, 0.25) is 11.5 Å². The zero-order valence-corrected chi connectivity index (χ0v) is 19.9. The van der Waals surface area contributed by atoms with Crippen molar-refractivity contribution < 1.29 is 28.8 Å². The first-order valence-corrected chi connectivity index (χ1v) is 11.5. The van der Waals surface area contributed by atoms with Gasteiger partial charge in [-0.05, 0) is 55.7 Å². The lowest BCUT2D eigenvalue weighted by atomic mass is 10.1. The third-order valence-electron chi connectivity index (χ3n) is 4.81. The number of fused-ring (bicyclic) bond motifs is 1. The van der Waals surface area contributed by atoms with Crippen LogP contribution in [0.2, 0.25) is 5.02 Å². The SMILES string of the molecule is CCCOc1c(OCCC)c(OC(=O)Cc2ccc(OCC)cc2)c2cc(Cl)ccc2c1O. The lowest BCUT2D eigenvalue weighted by Gasteiger charge is -2.20. The molecule has 0 atom stereocenters. The van der Waals surface area contributed by atoms with Gasteiger partial charge in [-0.2, -0.15) is 0 Å². The Kier molecular flexibility index (Phi) is 8.66. The Morgan fingerprint density at radius 2 is 1.52 bits per heavy atom. The van der Waals surface area contributed by atoms with Crippen LogP contribution in [0.4, 0.5) is 0 Å². The molecule has 33 heavy (non-hydrogen) atoms. The first kappa shape index (κ1) is 24.5. The van der Waals surface area contributed by atoms with E-state index in [4.69, 9.17) is 30.5 Å². The maximum atomic E-state index is 12.9.